The van der Waals surface area contributed by atoms with E-state index in [4.69, 9.17) is 4.74 Å². The lowest BCUT2D eigenvalue weighted by Crippen LogP contribution is -2.37. The average Bonchev–Trinajstić information content (AvgIpc) is 2.72. The zero-order valence-electron chi connectivity index (χ0n) is 16.9. The predicted octanol–water partition coefficient (Wildman–Crippen LogP) is 3.57. The molecule has 1 aliphatic heterocycles. The lowest BCUT2D eigenvalue weighted by atomic mass is 10.1. The molecule has 2 rings (SSSR count). The standard InChI is InChI=1S/C22H36N4O/c1-3-18-27-21-13-7-6-12-20(21)19-25-22(23-2)24-14-8-4-9-15-26-16-10-5-11-17-26/h3,6-7,12-13H,1,4-5,8-11,14-19H2,2H3,(H2,23,24,25). The molecule has 1 aromatic carbocycles. The smallest absolute Gasteiger partial charge is 0.191 e. The van der Waals surface area contributed by atoms with E-state index in [-0.39, 0.29) is 0 Å². The van der Waals surface area contributed by atoms with Crippen molar-refractivity contribution in [2.24, 2.45) is 4.99 Å². The number of para-hydroxylation sites is 1. The largest absolute Gasteiger partial charge is 0.489 e. The van der Waals surface area contributed by atoms with E-state index >= 15 is 0 Å². The van der Waals surface area contributed by atoms with Crippen LogP contribution in [-0.2, 0) is 6.54 Å². The van der Waals surface area contributed by atoms with Crippen LogP contribution < -0.4 is 15.4 Å². The fourth-order valence-corrected chi connectivity index (χ4v) is 3.37. The summed E-state index contributed by atoms with van der Waals surface area (Å²) in [6.07, 6.45) is 9.66. The van der Waals surface area contributed by atoms with Crippen LogP contribution in [0.2, 0.25) is 0 Å². The van der Waals surface area contributed by atoms with Crippen LogP contribution >= 0.6 is 0 Å². The van der Waals surface area contributed by atoms with Crippen molar-refractivity contribution in [3.8, 4) is 5.75 Å². The van der Waals surface area contributed by atoms with E-state index in [1.807, 2.05) is 25.2 Å². The molecular weight excluding hydrogens is 336 g/mol. The maximum Gasteiger partial charge on any atom is 0.191 e. The summed E-state index contributed by atoms with van der Waals surface area (Å²) in [5, 5.41) is 6.78. The number of piperidine rings is 1. The summed E-state index contributed by atoms with van der Waals surface area (Å²) in [5.41, 5.74) is 1.11. The molecule has 1 fully saturated rings. The Balaban J connectivity index is 1.61. The number of hydrogen-bond donors (Lipinski definition) is 2. The minimum Gasteiger partial charge on any atom is -0.489 e. The molecule has 150 valence electrons. The molecule has 27 heavy (non-hydrogen) atoms. The van der Waals surface area contributed by atoms with Crippen molar-refractivity contribution >= 4 is 5.96 Å². The van der Waals surface area contributed by atoms with Crippen molar-refractivity contribution < 1.29 is 4.74 Å². The molecule has 0 spiro atoms. The fraction of sp³-hybridized carbons (Fsp3) is 0.591. The highest BCUT2D eigenvalue weighted by Crippen LogP contribution is 2.17. The average molecular weight is 373 g/mol. The van der Waals surface area contributed by atoms with Crippen LogP contribution in [0.4, 0.5) is 0 Å². The van der Waals surface area contributed by atoms with Crippen molar-refractivity contribution in [1.82, 2.24) is 15.5 Å². The van der Waals surface area contributed by atoms with Crippen molar-refractivity contribution in [3.05, 3.63) is 42.5 Å². The summed E-state index contributed by atoms with van der Waals surface area (Å²) in [6.45, 7) is 9.71. The molecule has 0 aromatic heterocycles. The maximum absolute atomic E-state index is 5.71. The van der Waals surface area contributed by atoms with E-state index in [2.05, 4.69) is 33.2 Å². The van der Waals surface area contributed by atoms with Gasteiger partial charge in [0.05, 0.1) is 0 Å². The van der Waals surface area contributed by atoms with Crippen molar-refractivity contribution in [2.75, 3.05) is 39.8 Å². The Labute approximate surface area is 164 Å². The summed E-state index contributed by atoms with van der Waals surface area (Å²) >= 11 is 0. The molecule has 0 bridgehead atoms. The predicted molar refractivity (Wildman–Crippen MR) is 114 cm³/mol. The number of guanidine groups is 1. The van der Waals surface area contributed by atoms with Crippen LogP contribution in [0.3, 0.4) is 0 Å². The van der Waals surface area contributed by atoms with E-state index in [1.54, 1.807) is 6.08 Å². The highest BCUT2D eigenvalue weighted by Gasteiger charge is 2.09. The zero-order valence-corrected chi connectivity index (χ0v) is 16.9. The molecule has 0 aliphatic carbocycles. The number of likely N-dealkylation sites (tertiary alicyclic amines) is 1. The van der Waals surface area contributed by atoms with Crippen LogP contribution in [0, 0.1) is 0 Å². The van der Waals surface area contributed by atoms with Gasteiger partial charge in [-0.25, -0.2) is 0 Å². The van der Waals surface area contributed by atoms with E-state index in [1.165, 1.54) is 58.2 Å². The van der Waals surface area contributed by atoms with Crippen LogP contribution in [0.15, 0.2) is 41.9 Å². The number of nitrogens with zero attached hydrogens (tertiary/aromatic N) is 2. The molecule has 0 radical (unpaired) electrons. The molecule has 1 aliphatic rings. The molecule has 1 heterocycles. The third kappa shape index (κ3) is 8.48. The second-order valence-electron chi connectivity index (χ2n) is 7.02. The molecule has 1 aromatic rings. The molecular formula is C22H36N4O. The number of nitrogens with one attached hydrogen (secondary N) is 2. The number of benzene rings is 1. The number of rotatable bonds is 11. The molecule has 5 heteroatoms. The Morgan fingerprint density at radius 3 is 2.74 bits per heavy atom. The van der Waals surface area contributed by atoms with Crippen molar-refractivity contribution in [3.63, 3.8) is 0 Å². The van der Waals surface area contributed by atoms with E-state index in [9.17, 15) is 0 Å². The number of ether oxygens (including phenoxy) is 1. The molecule has 0 saturated carbocycles. The number of aliphatic imine (C=N–C) groups is 1. The summed E-state index contributed by atoms with van der Waals surface area (Å²) in [7, 11) is 1.81. The number of hydrogen-bond acceptors (Lipinski definition) is 3. The maximum atomic E-state index is 5.71. The Bertz CT molecular complexity index is 567. The third-order valence-corrected chi connectivity index (χ3v) is 4.89. The van der Waals surface area contributed by atoms with Gasteiger partial charge in [0.1, 0.15) is 12.4 Å². The minimum absolute atomic E-state index is 0.515. The summed E-state index contributed by atoms with van der Waals surface area (Å²) in [5.74, 6) is 1.72. The second kappa shape index (κ2) is 13.2. The Hall–Kier alpha value is -2.01. The Kier molecular flexibility index (Phi) is 10.4. The molecule has 1 saturated heterocycles. The van der Waals surface area contributed by atoms with Crippen LogP contribution in [0.5, 0.6) is 5.75 Å². The highest BCUT2D eigenvalue weighted by molar-refractivity contribution is 5.79. The molecule has 5 nitrogen and oxygen atoms in total. The summed E-state index contributed by atoms with van der Waals surface area (Å²) in [4.78, 5) is 6.93. The van der Waals surface area contributed by atoms with Gasteiger partial charge in [0.15, 0.2) is 5.96 Å². The summed E-state index contributed by atoms with van der Waals surface area (Å²) < 4.78 is 5.71. The van der Waals surface area contributed by atoms with Crippen LogP contribution in [0.25, 0.3) is 0 Å². The topological polar surface area (TPSA) is 48.9 Å². The van der Waals surface area contributed by atoms with Crippen molar-refractivity contribution in [1.29, 1.82) is 0 Å². The Morgan fingerprint density at radius 2 is 1.96 bits per heavy atom. The monoisotopic (exact) mass is 372 g/mol. The third-order valence-electron chi connectivity index (χ3n) is 4.89. The van der Waals surface area contributed by atoms with Gasteiger partial charge in [-0.1, -0.05) is 43.7 Å². The van der Waals surface area contributed by atoms with Gasteiger partial charge in [-0.05, 0) is 51.4 Å². The normalized spacial score (nSPS) is 15.4. The minimum atomic E-state index is 0.515. The summed E-state index contributed by atoms with van der Waals surface area (Å²) in [6, 6.07) is 8.06. The van der Waals surface area contributed by atoms with Gasteiger partial charge in [-0.3, -0.25) is 4.99 Å². The fourth-order valence-electron chi connectivity index (χ4n) is 3.37. The first kappa shape index (κ1) is 21.3. The van der Waals surface area contributed by atoms with Crippen molar-refractivity contribution in [2.45, 2.75) is 45.1 Å². The van der Waals surface area contributed by atoms with Gasteiger partial charge in [-0.2, -0.15) is 0 Å². The molecule has 0 amide bonds. The first-order valence-corrected chi connectivity index (χ1v) is 10.3. The van der Waals surface area contributed by atoms with Crippen LogP contribution in [-0.4, -0.2) is 50.7 Å². The van der Waals surface area contributed by atoms with Gasteiger partial charge in [0.25, 0.3) is 0 Å². The van der Waals surface area contributed by atoms with E-state index in [0.717, 1.165) is 23.8 Å². The second-order valence-corrected chi connectivity index (χ2v) is 7.02. The molecule has 0 atom stereocenters. The quantitative estimate of drug-likeness (QED) is 0.270. The lowest BCUT2D eigenvalue weighted by molar-refractivity contribution is 0.224. The van der Waals surface area contributed by atoms with Gasteiger partial charge in [0, 0.05) is 25.7 Å². The van der Waals surface area contributed by atoms with Crippen LogP contribution in [0.1, 0.15) is 44.1 Å². The van der Waals surface area contributed by atoms with Gasteiger partial charge < -0.3 is 20.3 Å². The first-order chi connectivity index (χ1) is 13.3. The zero-order chi connectivity index (χ0) is 19.2. The molecule has 0 unspecified atom stereocenters. The van der Waals surface area contributed by atoms with Gasteiger partial charge in [0.2, 0.25) is 0 Å². The first-order valence-electron chi connectivity index (χ1n) is 10.3. The lowest BCUT2D eigenvalue weighted by Gasteiger charge is -2.26. The molecule has 2 N–H and O–H groups in total. The number of unbranched alkanes of at least 4 members (excludes halogenated alkanes) is 2. The van der Waals surface area contributed by atoms with E-state index < -0.39 is 0 Å². The Morgan fingerprint density at radius 1 is 1.15 bits per heavy atom. The van der Waals surface area contributed by atoms with Gasteiger partial charge >= 0.3 is 0 Å². The van der Waals surface area contributed by atoms with Gasteiger partial charge in [-0.15, -0.1) is 0 Å². The van der Waals surface area contributed by atoms with E-state index in [0.29, 0.717) is 13.2 Å². The SMILES string of the molecule is C=CCOc1ccccc1CNC(=NC)NCCCCCN1CCCCC1. The highest BCUT2D eigenvalue weighted by atomic mass is 16.5.